The monoisotopic (exact) mass is 708 g/mol. The predicted molar refractivity (Wildman–Crippen MR) is 226 cm³/mol. The molecule has 0 unspecified atom stereocenters. The standard InChI is InChI=1S/C52H28N4/c1-29-18-31(25-53)10-13-35(29)44-22-50-46(39-15-12-33(27-55)20-43(39)44)21-45(36-14-11-32(26-54)19-30(36)2)49-24-48-42-17-16-38(37-7-4-3-6-34(37)28-56)40-8-5-9-41(52(40)42)47(48)23-51(49)50/h3-24H,1-2H3. The van der Waals surface area contributed by atoms with E-state index in [-0.39, 0.29) is 0 Å². The highest BCUT2D eigenvalue weighted by atomic mass is 14.3. The fourth-order valence-electron chi connectivity index (χ4n) is 9.03. The summed E-state index contributed by atoms with van der Waals surface area (Å²) in [7, 11) is 0. The van der Waals surface area contributed by atoms with Crippen LogP contribution in [0.1, 0.15) is 33.4 Å². The molecule has 10 rings (SSSR count). The zero-order valence-corrected chi connectivity index (χ0v) is 30.5. The van der Waals surface area contributed by atoms with Gasteiger partial charge < -0.3 is 0 Å². The molecule has 0 amide bonds. The van der Waals surface area contributed by atoms with Crippen LogP contribution < -0.4 is 0 Å². The van der Waals surface area contributed by atoms with Crippen molar-refractivity contribution in [3.63, 3.8) is 0 Å². The van der Waals surface area contributed by atoms with E-state index in [1.165, 1.54) is 5.39 Å². The molecule has 0 radical (unpaired) electrons. The van der Waals surface area contributed by atoms with Gasteiger partial charge in [-0.1, -0.05) is 66.7 Å². The van der Waals surface area contributed by atoms with Crippen LogP contribution in [0.15, 0.2) is 133 Å². The van der Waals surface area contributed by atoms with Crippen molar-refractivity contribution in [1.29, 1.82) is 21.0 Å². The quantitative estimate of drug-likeness (QED) is 0.171. The van der Waals surface area contributed by atoms with Gasteiger partial charge in [-0.3, -0.25) is 0 Å². The van der Waals surface area contributed by atoms with Crippen LogP contribution >= 0.6 is 0 Å². The first-order valence-corrected chi connectivity index (χ1v) is 18.4. The van der Waals surface area contributed by atoms with Crippen LogP contribution in [0.25, 0.3) is 98.7 Å². The zero-order chi connectivity index (χ0) is 38.2. The van der Waals surface area contributed by atoms with Gasteiger partial charge in [-0.2, -0.15) is 21.0 Å². The molecule has 0 bridgehead atoms. The summed E-state index contributed by atoms with van der Waals surface area (Å²) in [6.45, 7) is 4.09. The van der Waals surface area contributed by atoms with Crippen LogP contribution in [0, 0.1) is 59.2 Å². The Hall–Kier alpha value is -8.02. The molecule has 0 aliphatic heterocycles. The van der Waals surface area contributed by atoms with Crippen molar-refractivity contribution in [2.45, 2.75) is 13.8 Å². The molecule has 9 aromatic rings. The van der Waals surface area contributed by atoms with Gasteiger partial charge in [0.1, 0.15) is 0 Å². The summed E-state index contributed by atoms with van der Waals surface area (Å²) in [6.07, 6.45) is 0. The third-order valence-electron chi connectivity index (χ3n) is 11.6. The Morgan fingerprint density at radius 2 is 0.786 bits per heavy atom. The minimum absolute atomic E-state index is 0.578. The Kier molecular flexibility index (Phi) is 7.15. The van der Waals surface area contributed by atoms with Crippen LogP contribution in [0.4, 0.5) is 0 Å². The first-order valence-electron chi connectivity index (χ1n) is 18.4. The lowest BCUT2D eigenvalue weighted by atomic mass is 9.84. The largest absolute Gasteiger partial charge is 0.192 e. The first kappa shape index (κ1) is 32.6. The van der Waals surface area contributed by atoms with E-state index in [1.807, 2.05) is 73.7 Å². The number of rotatable bonds is 3. The van der Waals surface area contributed by atoms with E-state index in [0.29, 0.717) is 22.3 Å². The maximum atomic E-state index is 10.0. The zero-order valence-electron chi connectivity index (χ0n) is 30.5. The molecule has 0 saturated heterocycles. The molecule has 0 aromatic heterocycles. The number of hydrogen-bond acceptors (Lipinski definition) is 4. The Morgan fingerprint density at radius 3 is 1.43 bits per heavy atom. The van der Waals surface area contributed by atoms with E-state index in [4.69, 9.17) is 0 Å². The predicted octanol–water partition coefficient (Wildman–Crippen LogP) is 13.1. The van der Waals surface area contributed by atoms with Crippen molar-refractivity contribution in [2.24, 2.45) is 0 Å². The van der Waals surface area contributed by atoms with E-state index in [2.05, 4.69) is 97.9 Å². The van der Waals surface area contributed by atoms with Crippen molar-refractivity contribution in [3.05, 3.63) is 167 Å². The van der Waals surface area contributed by atoms with Crippen molar-refractivity contribution in [1.82, 2.24) is 0 Å². The minimum Gasteiger partial charge on any atom is -0.192 e. The average Bonchev–Trinajstić information content (AvgIpc) is 3.55. The van der Waals surface area contributed by atoms with Gasteiger partial charge in [-0.15, -0.1) is 0 Å². The van der Waals surface area contributed by atoms with E-state index >= 15 is 0 Å². The molecule has 9 aromatic carbocycles. The van der Waals surface area contributed by atoms with Gasteiger partial charge in [0.2, 0.25) is 0 Å². The normalized spacial score (nSPS) is 11.3. The fraction of sp³-hybridized carbons (Fsp3) is 0.0385. The van der Waals surface area contributed by atoms with E-state index in [1.54, 1.807) is 0 Å². The second kappa shape index (κ2) is 12.3. The number of nitriles is 4. The van der Waals surface area contributed by atoms with Gasteiger partial charge in [-0.05, 0) is 185 Å². The van der Waals surface area contributed by atoms with E-state index in [9.17, 15) is 21.0 Å². The summed E-state index contributed by atoms with van der Waals surface area (Å²) in [5.74, 6) is 0. The van der Waals surface area contributed by atoms with Crippen molar-refractivity contribution >= 4 is 43.1 Å². The smallest absolute Gasteiger partial charge is 0.0998 e. The van der Waals surface area contributed by atoms with Crippen LogP contribution in [0.5, 0.6) is 0 Å². The molecule has 256 valence electrons. The van der Waals surface area contributed by atoms with Gasteiger partial charge in [0.15, 0.2) is 0 Å². The highest BCUT2D eigenvalue weighted by Gasteiger charge is 2.26. The lowest BCUT2D eigenvalue weighted by Gasteiger charge is -2.19. The number of hydrogen-bond donors (Lipinski definition) is 0. The van der Waals surface area contributed by atoms with Gasteiger partial charge in [0, 0.05) is 5.56 Å². The molecule has 4 heteroatoms. The van der Waals surface area contributed by atoms with E-state index < -0.39 is 0 Å². The Bertz CT molecular complexity index is 3430. The van der Waals surface area contributed by atoms with Crippen LogP contribution in [0.3, 0.4) is 0 Å². The maximum Gasteiger partial charge on any atom is 0.0998 e. The molecule has 1 aliphatic rings. The highest BCUT2D eigenvalue weighted by Crippen LogP contribution is 2.53. The molecular weight excluding hydrogens is 681 g/mol. The van der Waals surface area contributed by atoms with Gasteiger partial charge >= 0.3 is 0 Å². The second-order valence-corrected chi connectivity index (χ2v) is 14.6. The number of nitrogens with zero attached hydrogens (tertiary/aromatic N) is 4. The lowest BCUT2D eigenvalue weighted by Crippen LogP contribution is -1.93. The number of fused-ring (bicyclic) bond motifs is 8. The molecule has 0 fully saturated rings. The summed E-state index contributed by atoms with van der Waals surface area (Å²) in [5.41, 5.74) is 15.1. The molecule has 56 heavy (non-hydrogen) atoms. The summed E-state index contributed by atoms with van der Waals surface area (Å²) >= 11 is 0. The first-order chi connectivity index (χ1) is 27.4. The summed E-state index contributed by atoms with van der Waals surface area (Å²) in [5, 5.41) is 48.1. The molecule has 1 aliphatic carbocycles. The molecule has 0 heterocycles. The van der Waals surface area contributed by atoms with Crippen LogP contribution in [-0.4, -0.2) is 0 Å². The average molecular weight is 709 g/mol. The Labute approximate surface area is 323 Å². The van der Waals surface area contributed by atoms with Gasteiger partial charge in [-0.25, -0.2) is 0 Å². The third kappa shape index (κ3) is 4.68. The number of benzene rings is 9. The molecule has 0 atom stereocenters. The van der Waals surface area contributed by atoms with Crippen LogP contribution in [-0.2, 0) is 0 Å². The van der Waals surface area contributed by atoms with Crippen LogP contribution in [0.2, 0.25) is 0 Å². The molecule has 0 spiro atoms. The molecule has 4 nitrogen and oxygen atoms in total. The molecular formula is C52H28N4. The van der Waals surface area contributed by atoms with E-state index in [0.717, 1.165) is 104 Å². The maximum absolute atomic E-state index is 10.0. The minimum atomic E-state index is 0.578. The van der Waals surface area contributed by atoms with Crippen molar-refractivity contribution in [3.8, 4) is 79.9 Å². The van der Waals surface area contributed by atoms with Gasteiger partial charge in [0.25, 0.3) is 0 Å². The van der Waals surface area contributed by atoms with Crippen molar-refractivity contribution < 1.29 is 0 Å². The van der Waals surface area contributed by atoms with Gasteiger partial charge in [0.05, 0.1) is 46.5 Å². The summed E-state index contributed by atoms with van der Waals surface area (Å²) < 4.78 is 0. The van der Waals surface area contributed by atoms with Crippen molar-refractivity contribution in [2.75, 3.05) is 0 Å². The fourth-order valence-corrected chi connectivity index (χ4v) is 9.03. The SMILES string of the molecule is Cc1cc(C#N)ccc1-c1cc2c3cc4c(cc3c(-c3ccc(C#N)cc3C)cc2c2ccc(C#N)cc12)-c1ccc(-c2ccccc2C#N)c2cccc-4c12. The molecule has 0 saturated carbocycles. The Balaban J connectivity index is 1.35. The topological polar surface area (TPSA) is 95.2 Å². The Morgan fingerprint density at radius 1 is 0.304 bits per heavy atom. The third-order valence-corrected chi connectivity index (χ3v) is 11.6. The number of aryl methyl sites for hydroxylation is 2. The second-order valence-electron chi connectivity index (χ2n) is 14.6. The lowest BCUT2D eigenvalue weighted by molar-refractivity contribution is 1.42. The highest BCUT2D eigenvalue weighted by molar-refractivity contribution is 6.27. The summed E-state index contributed by atoms with van der Waals surface area (Å²) in [6, 6.07) is 54.7. The molecule has 0 N–H and O–H groups in total. The summed E-state index contributed by atoms with van der Waals surface area (Å²) in [4.78, 5) is 0.